The van der Waals surface area contributed by atoms with Crippen molar-refractivity contribution in [3.63, 3.8) is 0 Å². The number of aromatic nitrogens is 3. The molecule has 6 rings (SSSR count). The number of alkyl halides is 1. The normalized spacial score (nSPS) is 20.8. The van der Waals surface area contributed by atoms with Gasteiger partial charge in [0, 0.05) is 61.6 Å². The molecule has 202 valence electrons. The van der Waals surface area contributed by atoms with Crippen molar-refractivity contribution in [3.05, 3.63) is 66.5 Å². The number of halogens is 1. The molecule has 1 saturated carbocycles. The molecule has 2 aromatic carbocycles. The third-order valence-corrected chi connectivity index (χ3v) is 9.03. The molecule has 8 nitrogen and oxygen atoms in total. The van der Waals surface area contributed by atoms with Crippen LogP contribution < -0.4 is 20.1 Å². The van der Waals surface area contributed by atoms with Gasteiger partial charge in [0.2, 0.25) is 11.8 Å². The summed E-state index contributed by atoms with van der Waals surface area (Å²) in [5, 5.41) is 8.15. The minimum atomic E-state index is -1.17. The summed E-state index contributed by atoms with van der Waals surface area (Å²) in [5.74, 6) is 1.51. The quantitative estimate of drug-likeness (QED) is 0.248. The van der Waals surface area contributed by atoms with E-state index in [-0.39, 0.29) is 10.8 Å². The zero-order chi connectivity index (χ0) is 27.0. The number of pyridine rings is 1. The first-order chi connectivity index (χ1) is 18.9. The van der Waals surface area contributed by atoms with E-state index in [1.165, 1.54) is 0 Å². The second-order valence-corrected chi connectivity index (χ2v) is 12.2. The molecule has 39 heavy (non-hydrogen) atoms. The predicted molar refractivity (Wildman–Crippen MR) is 153 cm³/mol. The van der Waals surface area contributed by atoms with Crippen LogP contribution in [0.1, 0.15) is 31.7 Å². The average molecular weight is 547 g/mol. The molecule has 0 amide bonds. The summed E-state index contributed by atoms with van der Waals surface area (Å²) < 4.78 is 36.3. The number of hydrogen-bond donors (Lipinski definition) is 3. The van der Waals surface area contributed by atoms with Gasteiger partial charge in [-0.05, 0) is 43.7 Å². The van der Waals surface area contributed by atoms with Gasteiger partial charge in [-0.2, -0.15) is 0 Å². The van der Waals surface area contributed by atoms with E-state index in [2.05, 4.69) is 30.3 Å². The number of ether oxygens (including phenoxy) is 1. The maximum atomic E-state index is 13.8. The molecular formula is C29H31FN6O2S. The maximum Gasteiger partial charge on any atom is 0.228 e. The summed E-state index contributed by atoms with van der Waals surface area (Å²) in [6, 6.07) is 15.3. The van der Waals surface area contributed by atoms with Crippen LogP contribution in [0.4, 0.5) is 16.0 Å². The molecular weight excluding hydrogens is 515 g/mol. The number of fused-ring (bicyclic) bond motifs is 1. The zero-order valence-electron chi connectivity index (χ0n) is 21.9. The molecule has 0 bridgehead atoms. The van der Waals surface area contributed by atoms with Crippen molar-refractivity contribution in [2.45, 2.75) is 50.1 Å². The Kier molecular flexibility index (Phi) is 7.01. The Morgan fingerprint density at radius 3 is 2.69 bits per heavy atom. The highest BCUT2D eigenvalue weighted by Gasteiger charge is 2.50. The number of nitrogens with one attached hydrogen (secondary N) is 3. The molecule has 3 N–H and O–H groups in total. The summed E-state index contributed by atoms with van der Waals surface area (Å²) >= 11 is -1.17. The first kappa shape index (κ1) is 25.8. The maximum absolute atomic E-state index is 13.8. The number of piperidine rings is 1. The highest BCUT2D eigenvalue weighted by atomic mass is 32.2. The molecule has 2 fully saturated rings. The second kappa shape index (κ2) is 10.6. The summed E-state index contributed by atoms with van der Waals surface area (Å²) in [6.07, 6.45) is 4.79. The predicted octanol–water partition coefficient (Wildman–Crippen LogP) is 5.53. The molecule has 2 aliphatic rings. The Labute approximate surface area is 230 Å². The van der Waals surface area contributed by atoms with E-state index in [9.17, 15) is 8.94 Å². The molecule has 4 aromatic rings. The second-order valence-electron chi connectivity index (χ2n) is 10.5. The van der Waals surface area contributed by atoms with Crippen LogP contribution >= 0.6 is 0 Å². The monoisotopic (exact) mass is 546 g/mol. The van der Waals surface area contributed by atoms with Gasteiger partial charge in [0.1, 0.15) is 16.7 Å². The molecule has 1 saturated heterocycles. The molecule has 0 radical (unpaired) electrons. The largest absolute Gasteiger partial charge is 0.593 e. The zero-order valence-corrected chi connectivity index (χ0v) is 22.7. The van der Waals surface area contributed by atoms with Crippen molar-refractivity contribution in [1.29, 1.82) is 0 Å². The summed E-state index contributed by atoms with van der Waals surface area (Å²) in [7, 11) is 0. The van der Waals surface area contributed by atoms with Crippen molar-refractivity contribution < 1.29 is 13.7 Å². The summed E-state index contributed by atoms with van der Waals surface area (Å²) in [5.41, 5.74) is 3.06. The number of nitrogens with zero attached hydrogens (tertiary/aromatic N) is 3. The van der Waals surface area contributed by atoms with Gasteiger partial charge in [0.05, 0.1) is 28.3 Å². The van der Waals surface area contributed by atoms with Crippen LogP contribution in [0.15, 0.2) is 60.9 Å². The van der Waals surface area contributed by atoms with E-state index in [0.717, 1.165) is 34.9 Å². The number of rotatable bonds is 8. The van der Waals surface area contributed by atoms with E-state index in [0.29, 0.717) is 48.3 Å². The Bertz CT molecular complexity index is 1500. The van der Waals surface area contributed by atoms with E-state index < -0.39 is 17.5 Å². The van der Waals surface area contributed by atoms with Crippen molar-refractivity contribution in [1.82, 2.24) is 20.3 Å². The number of benzene rings is 2. The van der Waals surface area contributed by atoms with Gasteiger partial charge in [-0.25, -0.2) is 24.1 Å². The van der Waals surface area contributed by atoms with Crippen LogP contribution in [-0.4, -0.2) is 49.6 Å². The fourth-order valence-electron chi connectivity index (χ4n) is 4.82. The fourth-order valence-corrected chi connectivity index (χ4v) is 5.90. The highest BCUT2D eigenvalue weighted by molar-refractivity contribution is 7.94. The standard InChI is InChI=1S/C29H31FN6O2S/c1-18-14-25(36-39(37)29(2)10-11-29)21-6-3-4-7-22(21)26(18)38-27-23(8-5-12-32-27)24-9-13-33-28(35-24)34-20-15-19(30)16-31-17-20/h3-9,12-14,19-20,31,36H,10-11,15-17H2,1-2H3,(H,33,34,35). The third kappa shape index (κ3) is 5.50. The number of anilines is 2. The molecule has 3 atom stereocenters. The van der Waals surface area contributed by atoms with Crippen molar-refractivity contribution >= 4 is 33.8 Å². The van der Waals surface area contributed by atoms with Gasteiger partial charge in [0.25, 0.3) is 0 Å². The Morgan fingerprint density at radius 1 is 1.08 bits per heavy atom. The Balaban J connectivity index is 1.31. The molecule has 2 aromatic heterocycles. The first-order valence-electron chi connectivity index (χ1n) is 13.2. The van der Waals surface area contributed by atoms with Crippen LogP contribution in [0, 0.1) is 6.92 Å². The van der Waals surface area contributed by atoms with Gasteiger partial charge in [-0.1, -0.05) is 24.3 Å². The SMILES string of the molecule is Cc1cc(N[S+]([O-])C2(C)CC2)c2ccccc2c1Oc1ncccc1-c1ccnc(NC2CNCC(F)C2)n1. The molecule has 0 spiro atoms. The topological polar surface area (TPSA) is 107 Å². The van der Waals surface area contributed by atoms with Gasteiger partial charge in [0.15, 0.2) is 0 Å². The molecule has 3 heterocycles. The minimum Gasteiger partial charge on any atom is -0.593 e. The smallest absolute Gasteiger partial charge is 0.228 e. The summed E-state index contributed by atoms with van der Waals surface area (Å²) in [4.78, 5) is 13.6. The van der Waals surface area contributed by atoms with Crippen molar-refractivity contribution in [3.8, 4) is 22.9 Å². The summed E-state index contributed by atoms with van der Waals surface area (Å²) in [6.45, 7) is 5.04. The molecule has 1 aliphatic heterocycles. The van der Waals surface area contributed by atoms with E-state index >= 15 is 0 Å². The Morgan fingerprint density at radius 2 is 1.90 bits per heavy atom. The molecule has 10 heteroatoms. The van der Waals surface area contributed by atoms with Crippen molar-refractivity contribution in [2.24, 2.45) is 0 Å². The van der Waals surface area contributed by atoms with Crippen LogP contribution in [0.5, 0.6) is 11.6 Å². The van der Waals surface area contributed by atoms with Crippen LogP contribution in [0.2, 0.25) is 0 Å². The highest BCUT2D eigenvalue weighted by Crippen LogP contribution is 2.45. The lowest BCUT2D eigenvalue weighted by Gasteiger charge is -2.26. The molecule has 1 aliphatic carbocycles. The Hall–Kier alpha value is -3.47. The number of hydrogen-bond acceptors (Lipinski definition) is 8. The van der Waals surface area contributed by atoms with E-state index in [1.54, 1.807) is 18.5 Å². The number of aryl methyl sites for hydroxylation is 1. The lowest BCUT2D eigenvalue weighted by atomic mass is 10.0. The van der Waals surface area contributed by atoms with E-state index in [4.69, 9.17) is 4.74 Å². The lowest BCUT2D eigenvalue weighted by molar-refractivity contribution is 0.254. The van der Waals surface area contributed by atoms with E-state index in [1.807, 2.05) is 56.3 Å². The van der Waals surface area contributed by atoms with Crippen LogP contribution in [0.25, 0.3) is 22.0 Å². The van der Waals surface area contributed by atoms with Crippen molar-refractivity contribution in [2.75, 3.05) is 23.1 Å². The lowest BCUT2D eigenvalue weighted by Crippen LogP contribution is -2.44. The first-order valence-corrected chi connectivity index (χ1v) is 14.3. The van der Waals surface area contributed by atoms with Crippen LogP contribution in [0.3, 0.4) is 0 Å². The molecule has 3 unspecified atom stereocenters. The van der Waals surface area contributed by atoms with Gasteiger partial charge in [-0.3, -0.25) is 0 Å². The minimum absolute atomic E-state index is 0.0911. The van der Waals surface area contributed by atoms with Gasteiger partial charge in [-0.15, -0.1) is 0 Å². The average Bonchev–Trinajstić information content (AvgIpc) is 3.70. The van der Waals surface area contributed by atoms with Gasteiger partial charge >= 0.3 is 0 Å². The van der Waals surface area contributed by atoms with Gasteiger partial charge < -0.3 is 19.9 Å². The fraction of sp³-hybridized carbons (Fsp3) is 0.345. The van der Waals surface area contributed by atoms with Crippen LogP contribution in [-0.2, 0) is 11.4 Å². The third-order valence-electron chi connectivity index (χ3n) is 7.32.